The molecule has 7 heteroatoms. The summed E-state index contributed by atoms with van der Waals surface area (Å²) in [5.74, 6) is -1.17. The highest BCUT2D eigenvalue weighted by atomic mass is 16.5. The lowest BCUT2D eigenvalue weighted by Crippen LogP contribution is -2.41. The number of anilines is 1. The number of nitrogens with zero attached hydrogens (tertiary/aromatic N) is 1. The second kappa shape index (κ2) is 8.94. The number of esters is 1. The molecule has 0 saturated heterocycles. The standard InChI is InChI=1S/C22H29N3O4/c1-7-29-21(28)18-12-17(13-25(18)6)24-19(26)14(2)23-20(27)15-8-10-16(11-9-15)22(3,4)5/h8-14H,7H2,1-6H3,(H,23,27)(H,24,26)/t14-/m0/s1. The first-order chi connectivity index (χ1) is 13.5. The molecule has 7 nitrogen and oxygen atoms in total. The van der Waals surface area contributed by atoms with Crippen LogP contribution in [0.25, 0.3) is 0 Å². The smallest absolute Gasteiger partial charge is 0.355 e. The van der Waals surface area contributed by atoms with Gasteiger partial charge in [0.15, 0.2) is 0 Å². The maximum Gasteiger partial charge on any atom is 0.355 e. The van der Waals surface area contributed by atoms with E-state index < -0.39 is 12.0 Å². The van der Waals surface area contributed by atoms with Crippen LogP contribution in [0.2, 0.25) is 0 Å². The predicted molar refractivity (Wildman–Crippen MR) is 112 cm³/mol. The minimum Gasteiger partial charge on any atom is -0.461 e. The minimum absolute atomic E-state index is 0.000270. The third-order valence-electron chi connectivity index (χ3n) is 4.51. The molecular formula is C22H29N3O4. The lowest BCUT2D eigenvalue weighted by Gasteiger charge is -2.19. The van der Waals surface area contributed by atoms with E-state index in [-0.39, 0.29) is 23.8 Å². The fourth-order valence-corrected chi connectivity index (χ4v) is 2.76. The summed E-state index contributed by atoms with van der Waals surface area (Å²) in [5.41, 5.74) is 2.40. The first kappa shape index (κ1) is 22.2. The number of aryl methyl sites for hydroxylation is 1. The molecular weight excluding hydrogens is 370 g/mol. The Morgan fingerprint density at radius 2 is 1.76 bits per heavy atom. The second-order valence-electron chi connectivity index (χ2n) is 7.96. The Bertz CT molecular complexity index is 892. The Morgan fingerprint density at radius 3 is 2.31 bits per heavy atom. The van der Waals surface area contributed by atoms with Crippen molar-refractivity contribution in [1.82, 2.24) is 9.88 Å². The van der Waals surface area contributed by atoms with Gasteiger partial charge in [0, 0.05) is 18.8 Å². The van der Waals surface area contributed by atoms with Gasteiger partial charge in [-0.15, -0.1) is 0 Å². The van der Waals surface area contributed by atoms with E-state index in [1.807, 2.05) is 12.1 Å². The summed E-state index contributed by atoms with van der Waals surface area (Å²) in [6, 6.07) is 8.12. The van der Waals surface area contributed by atoms with Crippen molar-refractivity contribution < 1.29 is 19.1 Å². The van der Waals surface area contributed by atoms with Crippen LogP contribution in [0.3, 0.4) is 0 Å². The number of carbonyl (C=O) groups is 3. The molecule has 1 aromatic carbocycles. The molecule has 0 radical (unpaired) electrons. The van der Waals surface area contributed by atoms with Gasteiger partial charge < -0.3 is 19.9 Å². The van der Waals surface area contributed by atoms with Crippen LogP contribution in [0.15, 0.2) is 36.5 Å². The molecule has 1 atom stereocenters. The van der Waals surface area contributed by atoms with Crippen molar-refractivity contribution in [2.24, 2.45) is 7.05 Å². The molecule has 2 aromatic rings. The Balaban J connectivity index is 1.99. The van der Waals surface area contributed by atoms with E-state index in [4.69, 9.17) is 4.74 Å². The number of hydrogen-bond donors (Lipinski definition) is 2. The van der Waals surface area contributed by atoms with Gasteiger partial charge in [0.25, 0.3) is 5.91 Å². The van der Waals surface area contributed by atoms with Gasteiger partial charge in [-0.05, 0) is 43.0 Å². The molecule has 2 amide bonds. The van der Waals surface area contributed by atoms with Crippen molar-refractivity contribution in [2.45, 2.75) is 46.1 Å². The fourth-order valence-electron chi connectivity index (χ4n) is 2.76. The van der Waals surface area contributed by atoms with Crippen molar-refractivity contribution in [2.75, 3.05) is 11.9 Å². The molecule has 1 aromatic heterocycles. The quantitative estimate of drug-likeness (QED) is 0.730. The normalized spacial score (nSPS) is 12.2. The van der Waals surface area contributed by atoms with Gasteiger partial charge in [-0.3, -0.25) is 9.59 Å². The molecule has 0 fully saturated rings. The van der Waals surface area contributed by atoms with E-state index in [2.05, 4.69) is 31.4 Å². The summed E-state index contributed by atoms with van der Waals surface area (Å²) < 4.78 is 6.55. The minimum atomic E-state index is -0.754. The molecule has 0 unspecified atom stereocenters. The van der Waals surface area contributed by atoms with Crippen LogP contribution in [-0.2, 0) is 22.0 Å². The van der Waals surface area contributed by atoms with Gasteiger partial charge in [0.1, 0.15) is 11.7 Å². The van der Waals surface area contributed by atoms with Gasteiger partial charge in [-0.1, -0.05) is 32.9 Å². The third kappa shape index (κ3) is 5.70. The third-order valence-corrected chi connectivity index (χ3v) is 4.51. The van der Waals surface area contributed by atoms with Crippen LogP contribution in [0, 0.1) is 0 Å². The summed E-state index contributed by atoms with van der Waals surface area (Å²) in [7, 11) is 1.69. The van der Waals surface area contributed by atoms with E-state index in [0.29, 0.717) is 16.9 Å². The van der Waals surface area contributed by atoms with E-state index in [9.17, 15) is 14.4 Å². The Kier molecular flexibility index (Phi) is 6.84. The second-order valence-corrected chi connectivity index (χ2v) is 7.96. The van der Waals surface area contributed by atoms with Crippen molar-refractivity contribution in [3.05, 3.63) is 53.3 Å². The van der Waals surface area contributed by atoms with Crippen molar-refractivity contribution in [3.63, 3.8) is 0 Å². The highest BCUT2D eigenvalue weighted by Crippen LogP contribution is 2.22. The van der Waals surface area contributed by atoms with Crippen LogP contribution in [0.5, 0.6) is 0 Å². The molecule has 0 spiro atoms. The van der Waals surface area contributed by atoms with E-state index in [1.54, 1.807) is 43.8 Å². The van der Waals surface area contributed by atoms with Crippen LogP contribution >= 0.6 is 0 Å². The van der Waals surface area contributed by atoms with Gasteiger partial charge >= 0.3 is 5.97 Å². The summed E-state index contributed by atoms with van der Waals surface area (Å²) in [6.07, 6.45) is 1.61. The van der Waals surface area contributed by atoms with Gasteiger partial charge in [-0.25, -0.2) is 4.79 Å². The summed E-state index contributed by atoms with van der Waals surface area (Å²) in [4.78, 5) is 36.7. The van der Waals surface area contributed by atoms with E-state index >= 15 is 0 Å². The molecule has 0 aliphatic carbocycles. The van der Waals surface area contributed by atoms with Gasteiger partial charge in [-0.2, -0.15) is 0 Å². The summed E-state index contributed by atoms with van der Waals surface area (Å²) >= 11 is 0. The molecule has 2 rings (SSSR count). The summed E-state index contributed by atoms with van der Waals surface area (Å²) in [5, 5.41) is 5.39. The topological polar surface area (TPSA) is 89.4 Å². The molecule has 0 saturated carbocycles. The summed E-state index contributed by atoms with van der Waals surface area (Å²) in [6.45, 7) is 9.91. The first-order valence-electron chi connectivity index (χ1n) is 9.58. The number of rotatable bonds is 6. The Morgan fingerprint density at radius 1 is 1.14 bits per heavy atom. The van der Waals surface area contributed by atoms with Crippen LogP contribution in [-0.4, -0.2) is 35.0 Å². The van der Waals surface area contributed by atoms with Crippen molar-refractivity contribution in [3.8, 4) is 0 Å². The maximum absolute atomic E-state index is 12.4. The number of ether oxygens (including phenoxy) is 1. The zero-order valence-electron chi connectivity index (χ0n) is 17.8. The average molecular weight is 399 g/mol. The zero-order valence-corrected chi connectivity index (χ0v) is 17.8. The maximum atomic E-state index is 12.4. The van der Waals surface area contributed by atoms with E-state index in [1.165, 1.54) is 6.07 Å². The number of hydrogen-bond acceptors (Lipinski definition) is 4. The number of carbonyl (C=O) groups excluding carboxylic acids is 3. The van der Waals surface area contributed by atoms with Crippen molar-refractivity contribution >= 4 is 23.5 Å². The zero-order chi connectivity index (χ0) is 21.8. The largest absolute Gasteiger partial charge is 0.461 e. The van der Waals surface area contributed by atoms with Crippen LogP contribution < -0.4 is 10.6 Å². The molecule has 29 heavy (non-hydrogen) atoms. The van der Waals surface area contributed by atoms with Gasteiger partial charge in [0.2, 0.25) is 5.91 Å². The lowest BCUT2D eigenvalue weighted by molar-refractivity contribution is -0.117. The molecule has 1 heterocycles. The monoisotopic (exact) mass is 399 g/mol. The number of aromatic nitrogens is 1. The Hall–Kier alpha value is -3.09. The number of nitrogens with one attached hydrogen (secondary N) is 2. The molecule has 156 valence electrons. The molecule has 0 bridgehead atoms. The number of amides is 2. The van der Waals surface area contributed by atoms with Crippen LogP contribution in [0.1, 0.15) is 61.0 Å². The van der Waals surface area contributed by atoms with Crippen molar-refractivity contribution in [1.29, 1.82) is 0 Å². The Labute approximate surface area is 171 Å². The number of benzene rings is 1. The lowest BCUT2D eigenvalue weighted by atomic mass is 9.86. The average Bonchev–Trinajstić information content (AvgIpc) is 3.01. The van der Waals surface area contributed by atoms with Crippen LogP contribution in [0.4, 0.5) is 5.69 Å². The first-order valence-corrected chi connectivity index (χ1v) is 9.58. The van der Waals surface area contributed by atoms with Gasteiger partial charge in [0.05, 0.1) is 12.3 Å². The highest BCUT2D eigenvalue weighted by Gasteiger charge is 2.20. The van der Waals surface area contributed by atoms with E-state index in [0.717, 1.165) is 5.56 Å². The molecule has 0 aliphatic heterocycles. The fraction of sp³-hybridized carbons (Fsp3) is 0.409. The molecule has 2 N–H and O–H groups in total. The predicted octanol–water partition coefficient (Wildman–Crippen LogP) is 3.26. The highest BCUT2D eigenvalue weighted by molar-refractivity contribution is 6.01. The molecule has 0 aliphatic rings. The SMILES string of the molecule is CCOC(=O)c1cc(NC(=O)[C@H](C)NC(=O)c2ccc(C(C)(C)C)cc2)cn1C.